The molecule has 10 heavy (non-hydrogen) atoms. The average Bonchev–Trinajstić information content (AvgIpc) is 2.14. The fourth-order valence-corrected chi connectivity index (χ4v) is 1.14. The molecule has 0 unspecified atom stereocenters. The predicted molar refractivity (Wildman–Crippen MR) is 42.3 cm³/mol. The van der Waals surface area contributed by atoms with Gasteiger partial charge in [-0.15, -0.1) is 0 Å². The van der Waals surface area contributed by atoms with E-state index in [0.717, 1.165) is 10.7 Å². The molecule has 0 saturated carbocycles. The van der Waals surface area contributed by atoms with Crippen molar-refractivity contribution in [3.05, 3.63) is 16.9 Å². The highest BCUT2D eigenvalue weighted by Crippen LogP contribution is 2.22. The standard InChI is InChI=1S/C7H11ClN2/c1-5(2)6-4-9-10(3)7(6)8/h4-5H,1-3H3. The molecule has 1 rings (SSSR count). The molecule has 0 amide bonds. The summed E-state index contributed by atoms with van der Waals surface area (Å²) in [5.74, 6) is 0.459. The van der Waals surface area contributed by atoms with E-state index in [-0.39, 0.29) is 0 Å². The number of nitrogens with zero attached hydrogens (tertiary/aromatic N) is 2. The lowest BCUT2D eigenvalue weighted by Gasteiger charge is -2.00. The van der Waals surface area contributed by atoms with Gasteiger partial charge in [0.1, 0.15) is 5.15 Å². The molecule has 3 heteroatoms. The van der Waals surface area contributed by atoms with Crippen LogP contribution in [0.25, 0.3) is 0 Å². The first-order valence-corrected chi connectivity index (χ1v) is 3.68. The van der Waals surface area contributed by atoms with Crippen molar-refractivity contribution in [2.24, 2.45) is 7.05 Å². The van der Waals surface area contributed by atoms with E-state index in [1.807, 2.05) is 13.2 Å². The van der Waals surface area contributed by atoms with E-state index < -0.39 is 0 Å². The Kier molecular flexibility index (Phi) is 2.00. The van der Waals surface area contributed by atoms with Crippen LogP contribution in [0.5, 0.6) is 0 Å². The van der Waals surface area contributed by atoms with Gasteiger partial charge in [0.05, 0.1) is 6.20 Å². The van der Waals surface area contributed by atoms with E-state index in [1.54, 1.807) is 4.68 Å². The molecule has 1 heterocycles. The summed E-state index contributed by atoms with van der Waals surface area (Å²) >= 11 is 5.90. The molecule has 0 aromatic carbocycles. The maximum absolute atomic E-state index is 5.90. The van der Waals surface area contributed by atoms with E-state index in [9.17, 15) is 0 Å². The molecule has 1 aromatic heterocycles. The van der Waals surface area contributed by atoms with E-state index in [1.165, 1.54) is 0 Å². The number of aryl methyl sites for hydroxylation is 1. The molecule has 0 radical (unpaired) electrons. The van der Waals surface area contributed by atoms with Crippen molar-refractivity contribution in [1.29, 1.82) is 0 Å². The summed E-state index contributed by atoms with van der Waals surface area (Å²) in [6, 6.07) is 0. The van der Waals surface area contributed by atoms with Crippen molar-refractivity contribution >= 4 is 11.6 Å². The van der Waals surface area contributed by atoms with Gasteiger partial charge in [-0.2, -0.15) is 5.10 Å². The molecule has 0 spiro atoms. The number of rotatable bonds is 1. The molecule has 56 valence electrons. The maximum Gasteiger partial charge on any atom is 0.130 e. The van der Waals surface area contributed by atoms with Gasteiger partial charge in [0.25, 0.3) is 0 Å². The van der Waals surface area contributed by atoms with E-state index in [0.29, 0.717) is 5.92 Å². The van der Waals surface area contributed by atoms with Crippen LogP contribution in [-0.2, 0) is 7.05 Å². The topological polar surface area (TPSA) is 17.8 Å². The zero-order valence-corrected chi connectivity index (χ0v) is 7.18. The van der Waals surface area contributed by atoms with Crippen LogP contribution in [0.4, 0.5) is 0 Å². The Bertz CT molecular complexity index is 228. The van der Waals surface area contributed by atoms with Crippen LogP contribution in [-0.4, -0.2) is 9.78 Å². The summed E-state index contributed by atoms with van der Waals surface area (Å²) in [6.45, 7) is 4.20. The monoisotopic (exact) mass is 158 g/mol. The average molecular weight is 159 g/mol. The number of halogens is 1. The van der Waals surface area contributed by atoms with Gasteiger partial charge in [0.15, 0.2) is 0 Å². The molecule has 0 aliphatic carbocycles. The Hall–Kier alpha value is -0.500. The lowest BCUT2D eigenvalue weighted by Crippen LogP contribution is -1.90. The normalized spacial score (nSPS) is 10.9. The van der Waals surface area contributed by atoms with Gasteiger partial charge >= 0.3 is 0 Å². The first-order chi connectivity index (χ1) is 4.63. The minimum absolute atomic E-state index is 0.459. The molecule has 0 bridgehead atoms. The van der Waals surface area contributed by atoms with Crippen LogP contribution in [0.2, 0.25) is 5.15 Å². The second kappa shape index (κ2) is 2.62. The molecule has 0 atom stereocenters. The number of hydrogen-bond donors (Lipinski definition) is 0. The first kappa shape index (κ1) is 7.61. The lowest BCUT2D eigenvalue weighted by atomic mass is 10.1. The summed E-state index contributed by atoms with van der Waals surface area (Å²) in [4.78, 5) is 0. The Morgan fingerprint density at radius 1 is 1.60 bits per heavy atom. The van der Waals surface area contributed by atoms with Gasteiger partial charge in [0, 0.05) is 12.6 Å². The van der Waals surface area contributed by atoms with Gasteiger partial charge in [-0.1, -0.05) is 25.4 Å². The lowest BCUT2D eigenvalue weighted by molar-refractivity contribution is 0.766. The molecular weight excluding hydrogens is 148 g/mol. The Balaban J connectivity index is 3.05. The summed E-state index contributed by atoms with van der Waals surface area (Å²) < 4.78 is 1.68. The second-order valence-electron chi connectivity index (χ2n) is 2.67. The largest absolute Gasteiger partial charge is 0.257 e. The third kappa shape index (κ3) is 1.16. The third-order valence-corrected chi connectivity index (χ3v) is 1.98. The third-order valence-electron chi connectivity index (χ3n) is 1.51. The van der Waals surface area contributed by atoms with Crippen molar-refractivity contribution < 1.29 is 0 Å². The highest BCUT2D eigenvalue weighted by molar-refractivity contribution is 6.30. The smallest absolute Gasteiger partial charge is 0.130 e. The Labute approximate surface area is 65.8 Å². The zero-order chi connectivity index (χ0) is 7.72. The summed E-state index contributed by atoms with van der Waals surface area (Å²) in [6.07, 6.45) is 1.81. The molecule has 0 saturated heterocycles. The Morgan fingerprint density at radius 2 is 2.20 bits per heavy atom. The van der Waals surface area contributed by atoms with E-state index >= 15 is 0 Å². The highest BCUT2D eigenvalue weighted by atomic mass is 35.5. The molecule has 0 aliphatic rings. The van der Waals surface area contributed by atoms with E-state index in [2.05, 4.69) is 18.9 Å². The van der Waals surface area contributed by atoms with Gasteiger partial charge < -0.3 is 0 Å². The van der Waals surface area contributed by atoms with Crippen molar-refractivity contribution in [2.45, 2.75) is 19.8 Å². The molecule has 0 N–H and O–H groups in total. The van der Waals surface area contributed by atoms with Crippen molar-refractivity contribution in [3.63, 3.8) is 0 Å². The second-order valence-corrected chi connectivity index (χ2v) is 3.03. The SMILES string of the molecule is CC(C)c1cnn(C)c1Cl. The van der Waals surface area contributed by atoms with Crippen LogP contribution in [0, 0.1) is 0 Å². The quantitative estimate of drug-likeness (QED) is 0.613. The van der Waals surface area contributed by atoms with Crippen LogP contribution in [0.3, 0.4) is 0 Å². The first-order valence-electron chi connectivity index (χ1n) is 3.30. The molecular formula is C7H11ClN2. The van der Waals surface area contributed by atoms with Crippen molar-refractivity contribution in [3.8, 4) is 0 Å². The van der Waals surface area contributed by atoms with Crippen LogP contribution in [0.1, 0.15) is 25.3 Å². The zero-order valence-electron chi connectivity index (χ0n) is 6.43. The fraction of sp³-hybridized carbons (Fsp3) is 0.571. The van der Waals surface area contributed by atoms with E-state index in [4.69, 9.17) is 11.6 Å². The summed E-state index contributed by atoms with van der Waals surface area (Å²) in [5.41, 5.74) is 1.11. The molecule has 1 aromatic rings. The Morgan fingerprint density at radius 3 is 2.40 bits per heavy atom. The van der Waals surface area contributed by atoms with Gasteiger partial charge in [-0.3, -0.25) is 4.68 Å². The molecule has 2 nitrogen and oxygen atoms in total. The summed E-state index contributed by atoms with van der Waals surface area (Å²) in [7, 11) is 1.84. The molecule has 0 aliphatic heterocycles. The van der Waals surface area contributed by atoms with Gasteiger partial charge in [-0.05, 0) is 5.92 Å². The fourth-order valence-electron chi connectivity index (χ4n) is 0.827. The minimum Gasteiger partial charge on any atom is -0.257 e. The number of hydrogen-bond acceptors (Lipinski definition) is 1. The van der Waals surface area contributed by atoms with Crippen LogP contribution in [0.15, 0.2) is 6.20 Å². The van der Waals surface area contributed by atoms with Gasteiger partial charge in [-0.25, -0.2) is 0 Å². The predicted octanol–water partition coefficient (Wildman–Crippen LogP) is 2.20. The maximum atomic E-state index is 5.90. The minimum atomic E-state index is 0.459. The summed E-state index contributed by atoms with van der Waals surface area (Å²) in [5, 5.41) is 4.77. The van der Waals surface area contributed by atoms with Gasteiger partial charge in [0.2, 0.25) is 0 Å². The number of aromatic nitrogens is 2. The highest BCUT2D eigenvalue weighted by Gasteiger charge is 2.07. The van der Waals surface area contributed by atoms with Crippen molar-refractivity contribution in [2.75, 3.05) is 0 Å². The molecule has 0 fully saturated rings. The van der Waals surface area contributed by atoms with Crippen LogP contribution < -0.4 is 0 Å². The van der Waals surface area contributed by atoms with Crippen LogP contribution >= 0.6 is 11.6 Å². The van der Waals surface area contributed by atoms with Crippen molar-refractivity contribution in [1.82, 2.24) is 9.78 Å².